The molecule has 0 aliphatic carbocycles. The van der Waals surface area contributed by atoms with E-state index in [1.54, 1.807) is 0 Å². The molecule has 6 aliphatic rings. The fourth-order valence-corrected chi connectivity index (χ4v) is 9.94. The Labute approximate surface area is 446 Å². The van der Waals surface area contributed by atoms with Crippen LogP contribution in [0.1, 0.15) is 20.3 Å². The summed E-state index contributed by atoms with van der Waals surface area (Å²) >= 11 is 0. The van der Waals surface area contributed by atoms with Gasteiger partial charge in [-0.1, -0.05) is 0 Å². The third-order valence-electron chi connectivity index (χ3n) is 14.3. The van der Waals surface area contributed by atoms with Crippen LogP contribution in [0.15, 0.2) is 0 Å². The lowest BCUT2D eigenvalue weighted by atomic mass is 9.88. The molecule has 0 saturated carbocycles. The molecule has 36 heteroatoms. The summed E-state index contributed by atoms with van der Waals surface area (Å²) in [6, 6.07) is -3.92. The number of carbonyl (C=O) groups excluding carboxylic acids is 2. The number of carboxylic acid groups (broad SMARTS) is 1. The number of carbonyl (C=O) groups is 3. The first kappa shape index (κ1) is 65.4. The molecule has 6 fully saturated rings. The molecule has 22 N–H and O–H groups in total. The number of amides is 2. The van der Waals surface area contributed by atoms with Crippen LogP contribution in [0.4, 0.5) is 0 Å². The number of hydrogen-bond donors (Lipinski definition) is 22. The molecule has 31 atom stereocenters. The SMILES string of the molecule is CC(=O)N[C@H]1[C@H](O[C@@H]2[C@H](O[C@]3(C(=O)O)C[C@H](O)[C@@H](NC(=O)CO)[C@H]([C@H](O)[C@H](O)CO)O3)[C@@H](O)[C@H](O[C@H]3[C@H](O)[C@@H](O)[C@@H](O)O[C@@H]3CO)O[C@@H]2CO)O[C@H](CO)[C@H](O)[C@@H]1O[C@@H]1O[C@H](CO)[C@H](O)[C@H](O)[C@H]1O[C@@H]1O[C@@H](C)[C@@H](O)[C@@H](O)[C@@H]1O. The number of ether oxygens (including phenoxy) is 11. The topological polar surface area (TPSA) is 581 Å². The molecule has 0 aromatic carbocycles. The van der Waals surface area contributed by atoms with E-state index < -0.39 is 254 Å². The summed E-state index contributed by atoms with van der Waals surface area (Å²) < 4.78 is 63.8. The Bertz CT molecular complexity index is 1970. The molecule has 0 bridgehead atoms. The standard InChI is InChI=1S/C43H72N2O34/c1-10-21(56)25(60)29(64)39(69-10)77-36-26(61)23(58)14(5-47)72-41(36)76-33-20(44-11(2)52)38(71-15(6-48)24(33)59)75-32-17(8-50)73-40(74-31-16(7-49)70-37(66)28(63)27(31)62)30(65)35(32)79-43(42(67)68)3-12(53)19(45-18(55)9-51)34(78-43)22(57)13(54)4-46/h10,12-17,19-41,46-51,53-54,56-66H,3-9H2,1-2H3,(H,44,52)(H,45,55)(H,67,68)/t10-,12-,13+,14+,15+,16+,17+,19+,20+,21+,22+,23-,24-,25+,26-,27+,28+,29-,30+,31+,32-,33+,34+,35+,36+,37-,38-,39-,40-,41-,43-/m0/s1. The van der Waals surface area contributed by atoms with Crippen LogP contribution >= 0.6 is 0 Å². The minimum Gasteiger partial charge on any atom is -0.477 e. The van der Waals surface area contributed by atoms with Crippen LogP contribution < -0.4 is 10.6 Å². The van der Waals surface area contributed by atoms with E-state index in [9.17, 15) is 117 Å². The van der Waals surface area contributed by atoms with Crippen molar-refractivity contribution in [1.29, 1.82) is 0 Å². The lowest BCUT2D eigenvalue weighted by Crippen LogP contribution is -2.72. The largest absolute Gasteiger partial charge is 0.477 e. The molecule has 6 aliphatic heterocycles. The van der Waals surface area contributed by atoms with Crippen LogP contribution in [0, 0.1) is 0 Å². The molecule has 6 rings (SSSR count). The summed E-state index contributed by atoms with van der Waals surface area (Å²) in [5.74, 6) is -7.89. The van der Waals surface area contributed by atoms with Gasteiger partial charge in [0.2, 0.25) is 11.8 Å². The molecule has 36 nitrogen and oxygen atoms in total. The van der Waals surface area contributed by atoms with Crippen LogP contribution in [0.2, 0.25) is 0 Å². The highest BCUT2D eigenvalue weighted by Gasteiger charge is 2.62. The van der Waals surface area contributed by atoms with Crippen molar-refractivity contribution in [3.05, 3.63) is 0 Å². The van der Waals surface area contributed by atoms with Gasteiger partial charge in [-0.15, -0.1) is 0 Å². The number of rotatable bonds is 21. The van der Waals surface area contributed by atoms with E-state index in [4.69, 9.17) is 52.1 Å². The highest BCUT2D eigenvalue weighted by Crippen LogP contribution is 2.41. The second-order valence-electron chi connectivity index (χ2n) is 19.7. The van der Waals surface area contributed by atoms with Crippen molar-refractivity contribution in [2.75, 3.05) is 39.6 Å². The van der Waals surface area contributed by atoms with Crippen molar-refractivity contribution in [2.45, 2.75) is 210 Å². The summed E-state index contributed by atoms with van der Waals surface area (Å²) in [7, 11) is 0. The lowest BCUT2D eigenvalue weighted by Gasteiger charge is -2.53. The molecule has 2 amide bonds. The monoisotopic (exact) mass is 1160 g/mol. The minimum atomic E-state index is -3.44. The number of carboxylic acids is 1. The van der Waals surface area contributed by atoms with Gasteiger partial charge in [0, 0.05) is 13.3 Å². The van der Waals surface area contributed by atoms with Gasteiger partial charge in [-0.3, -0.25) is 9.59 Å². The zero-order valence-electron chi connectivity index (χ0n) is 41.9. The van der Waals surface area contributed by atoms with Gasteiger partial charge in [0.05, 0.1) is 51.3 Å². The fraction of sp³-hybridized carbons (Fsp3) is 0.930. The van der Waals surface area contributed by atoms with E-state index in [0.29, 0.717) is 0 Å². The number of hydrogen-bond acceptors (Lipinski definition) is 33. The second-order valence-corrected chi connectivity index (χ2v) is 19.7. The maximum absolute atomic E-state index is 13.6. The Hall–Kier alpha value is -2.79. The van der Waals surface area contributed by atoms with E-state index >= 15 is 0 Å². The normalized spacial score (nSPS) is 47.7. The average molecular weight is 1160 g/mol. The van der Waals surface area contributed by atoms with Gasteiger partial charge in [-0.25, -0.2) is 4.79 Å². The Morgan fingerprint density at radius 2 is 1.08 bits per heavy atom. The van der Waals surface area contributed by atoms with Gasteiger partial charge >= 0.3 is 5.97 Å². The van der Waals surface area contributed by atoms with Gasteiger partial charge < -0.3 is 165 Å². The quantitative estimate of drug-likeness (QED) is 0.0507. The summed E-state index contributed by atoms with van der Waals surface area (Å²) in [6.07, 6.45) is -59.7. The zero-order chi connectivity index (χ0) is 58.7. The van der Waals surface area contributed by atoms with E-state index in [-0.39, 0.29) is 0 Å². The Morgan fingerprint density at radius 1 is 0.544 bits per heavy atom. The van der Waals surface area contributed by atoms with E-state index in [1.807, 2.05) is 0 Å². The predicted octanol–water partition coefficient (Wildman–Crippen LogP) is -14.6. The molecule has 0 aromatic rings. The summed E-state index contributed by atoms with van der Waals surface area (Å²) in [5, 5.41) is 219. The minimum absolute atomic E-state index is 0.917. The van der Waals surface area contributed by atoms with Crippen molar-refractivity contribution in [2.24, 2.45) is 0 Å². The number of nitrogens with one attached hydrogen (secondary N) is 2. The average Bonchev–Trinajstić information content (AvgIpc) is 3.43. The van der Waals surface area contributed by atoms with Gasteiger partial charge in [0.1, 0.15) is 141 Å². The van der Waals surface area contributed by atoms with Crippen LogP contribution in [-0.2, 0) is 66.5 Å². The van der Waals surface area contributed by atoms with Crippen LogP contribution in [0.5, 0.6) is 0 Å². The number of aliphatic carboxylic acids is 1. The van der Waals surface area contributed by atoms with Gasteiger partial charge in [0.15, 0.2) is 31.5 Å². The third-order valence-corrected chi connectivity index (χ3v) is 14.3. The Balaban J connectivity index is 1.43. The first-order chi connectivity index (χ1) is 37.2. The summed E-state index contributed by atoms with van der Waals surface area (Å²) in [6.45, 7) is -4.84. The van der Waals surface area contributed by atoms with E-state index in [0.717, 1.165) is 6.92 Å². The van der Waals surface area contributed by atoms with Crippen molar-refractivity contribution < 1.29 is 169 Å². The van der Waals surface area contributed by atoms with Crippen LogP contribution in [0.25, 0.3) is 0 Å². The first-order valence-corrected chi connectivity index (χ1v) is 24.8. The summed E-state index contributed by atoms with van der Waals surface area (Å²) in [5.41, 5.74) is 0. The van der Waals surface area contributed by atoms with E-state index in [1.165, 1.54) is 6.92 Å². The molecule has 0 unspecified atom stereocenters. The van der Waals surface area contributed by atoms with Crippen molar-refractivity contribution in [1.82, 2.24) is 10.6 Å². The number of aliphatic hydroxyl groups excluding tert-OH is 19. The predicted molar refractivity (Wildman–Crippen MR) is 240 cm³/mol. The molecular formula is C43H72N2O34. The van der Waals surface area contributed by atoms with Crippen LogP contribution in [0.3, 0.4) is 0 Å². The molecule has 6 saturated heterocycles. The number of aliphatic hydroxyl groups is 19. The van der Waals surface area contributed by atoms with Crippen molar-refractivity contribution >= 4 is 17.8 Å². The maximum atomic E-state index is 13.6. The van der Waals surface area contributed by atoms with Gasteiger partial charge in [0.25, 0.3) is 5.79 Å². The van der Waals surface area contributed by atoms with Gasteiger partial charge in [-0.2, -0.15) is 0 Å². The van der Waals surface area contributed by atoms with E-state index in [2.05, 4.69) is 10.6 Å². The highest BCUT2D eigenvalue weighted by molar-refractivity contribution is 5.78. The Morgan fingerprint density at radius 3 is 1.66 bits per heavy atom. The van der Waals surface area contributed by atoms with Crippen molar-refractivity contribution in [3.63, 3.8) is 0 Å². The molecule has 6 heterocycles. The molecule has 0 radical (unpaired) electrons. The molecule has 0 aromatic heterocycles. The zero-order valence-corrected chi connectivity index (χ0v) is 41.9. The summed E-state index contributed by atoms with van der Waals surface area (Å²) in [4.78, 5) is 39.0. The van der Waals surface area contributed by atoms with Crippen LogP contribution in [-0.4, -0.2) is 349 Å². The second kappa shape index (κ2) is 27.7. The highest BCUT2D eigenvalue weighted by atomic mass is 16.8. The smallest absolute Gasteiger partial charge is 0.364 e. The fourth-order valence-electron chi connectivity index (χ4n) is 9.94. The Kier molecular flexibility index (Phi) is 22.9. The van der Waals surface area contributed by atoms with Crippen molar-refractivity contribution in [3.8, 4) is 0 Å². The molecule has 79 heavy (non-hydrogen) atoms. The maximum Gasteiger partial charge on any atom is 0.364 e. The third kappa shape index (κ3) is 13.9. The lowest BCUT2D eigenvalue weighted by molar-refractivity contribution is -0.405. The van der Waals surface area contributed by atoms with Gasteiger partial charge in [-0.05, 0) is 6.92 Å². The first-order valence-electron chi connectivity index (χ1n) is 24.8. The molecule has 458 valence electrons. The molecule has 0 spiro atoms. The molecular weight excluding hydrogens is 1090 g/mol.